The molecule has 208 valence electrons. The number of nitrogens with zero attached hydrogens (tertiary/aromatic N) is 6. The molecule has 0 radical (unpaired) electrons. The lowest BCUT2D eigenvalue weighted by Gasteiger charge is -2.28. The third-order valence-electron chi connectivity index (χ3n) is 6.73. The van der Waals surface area contributed by atoms with Crippen LogP contribution in [0, 0.1) is 0 Å². The van der Waals surface area contributed by atoms with Crippen molar-refractivity contribution in [1.29, 1.82) is 0 Å². The number of ether oxygens (including phenoxy) is 1. The van der Waals surface area contributed by atoms with E-state index in [1.54, 1.807) is 6.07 Å². The molecule has 3 aromatic rings. The van der Waals surface area contributed by atoms with E-state index < -0.39 is 18.6 Å². The minimum Gasteiger partial charge on any atom is -0.390 e. The highest BCUT2D eigenvalue weighted by Crippen LogP contribution is 2.36. The maximum atomic E-state index is 13.7. The van der Waals surface area contributed by atoms with Crippen LogP contribution in [0.2, 0.25) is 5.02 Å². The van der Waals surface area contributed by atoms with Crippen molar-refractivity contribution >= 4 is 35.6 Å². The number of aliphatic imine (C=N–C) groups is 3. The fourth-order valence-corrected chi connectivity index (χ4v) is 4.85. The van der Waals surface area contributed by atoms with Gasteiger partial charge < -0.3 is 16.2 Å². The molecule has 2 heterocycles. The van der Waals surface area contributed by atoms with E-state index in [0.717, 1.165) is 30.3 Å². The van der Waals surface area contributed by atoms with Crippen molar-refractivity contribution in [3.63, 3.8) is 0 Å². The smallest absolute Gasteiger partial charge is 0.333 e. The van der Waals surface area contributed by atoms with Crippen LogP contribution >= 0.6 is 11.6 Å². The number of halogens is 3. The van der Waals surface area contributed by atoms with Gasteiger partial charge in [0.05, 0.1) is 36.2 Å². The van der Waals surface area contributed by atoms with Crippen molar-refractivity contribution in [2.24, 2.45) is 26.4 Å². The molecule has 2 unspecified atom stereocenters. The highest BCUT2D eigenvalue weighted by molar-refractivity contribution is 6.34. The van der Waals surface area contributed by atoms with Gasteiger partial charge >= 0.3 is 6.55 Å². The summed E-state index contributed by atoms with van der Waals surface area (Å²) in [6.07, 6.45) is 7.00. The summed E-state index contributed by atoms with van der Waals surface area (Å²) in [7, 11) is 1.47. The molecule has 0 spiro atoms. The van der Waals surface area contributed by atoms with E-state index in [4.69, 9.17) is 27.8 Å². The van der Waals surface area contributed by atoms with Gasteiger partial charge in [-0.2, -0.15) is 18.9 Å². The Labute approximate surface area is 234 Å². The zero-order valence-electron chi connectivity index (χ0n) is 21.5. The second kappa shape index (κ2) is 11.5. The summed E-state index contributed by atoms with van der Waals surface area (Å²) in [5.74, 6) is -0.702. The van der Waals surface area contributed by atoms with E-state index in [0.29, 0.717) is 17.2 Å². The minimum atomic E-state index is -3.03. The number of carbonyl (C=O) groups is 1. The van der Waals surface area contributed by atoms with Crippen LogP contribution < -0.4 is 11.5 Å². The summed E-state index contributed by atoms with van der Waals surface area (Å²) >= 11 is 6.28. The molecule has 40 heavy (non-hydrogen) atoms. The van der Waals surface area contributed by atoms with Crippen molar-refractivity contribution in [1.82, 2.24) is 14.7 Å². The van der Waals surface area contributed by atoms with Gasteiger partial charge in [0, 0.05) is 24.4 Å². The van der Waals surface area contributed by atoms with Crippen LogP contribution in [0.1, 0.15) is 47.7 Å². The Morgan fingerprint density at radius 3 is 2.62 bits per heavy atom. The first-order valence-electron chi connectivity index (χ1n) is 12.5. The Morgan fingerprint density at radius 2 is 1.98 bits per heavy atom. The zero-order valence-corrected chi connectivity index (χ0v) is 22.2. The van der Waals surface area contributed by atoms with Crippen LogP contribution in [0.15, 0.2) is 69.8 Å². The predicted octanol–water partition coefficient (Wildman–Crippen LogP) is 4.08. The average Bonchev–Trinajstić information content (AvgIpc) is 3.59. The third kappa shape index (κ3) is 5.58. The lowest BCUT2D eigenvalue weighted by molar-refractivity contribution is -0.130. The van der Waals surface area contributed by atoms with Crippen LogP contribution in [0.4, 0.5) is 8.78 Å². The zero-order chi connectivity index (χ0) is 28.4. The van der Waals surface area contributed by atoms with Gasteiger partial charge in [-0.05, 0) is 41.7 Å². The number of benzene rings is 2. The van der Waals surface area contributed by atoms with Gasteiger partial charge in [-0.3, -0.25) is 14.4 Å². The molecule has 2 atom stereocenters. The molecule has 10 nitrogen and oxygen atoms in total. The average molecular weight is 569 g/mol. The molecule has 1 aromatic heterocycles. The van der Waals surface area contributed by atoms with Crippen molar-refractivity contribution in [2.75, 3.05) is 13.7 Å². The Hall–Kier alpha value is -4.16. The van der Waals surface area contributed by atoms with E-state index in [2.05, 4.69) is 20.1 Å². The van der Waals surface area contributed by atoms with Crippen LogP contribution in [0.5, 0.6) is 0 Å². The summed E-state index contributed by atoms with van der Waals surface area (Å²) in [5, 5.41) is 4.56. The maximum Gasteiger partial charge on any atom is 0.333 e. The molecule has 1 amide bonds. The number of amidine groups is 1. The summed E-state index contributed by atoms with van der Waals surface area (Å²) < 4.78 is 33.5. The largest absolute Gasteiger partial charge is 0.390 e. The van der Waals surface area contributed by atoms with Crippen LogP contribution in [-0.4, -0.2) is 59.0 Å². The standard InChI is InChI=1S/C27H27ClF2N8O2/c1-40-13-22(17-6-9-21(28)20(10-17)24(33-14-31)36-26(29)30)38-25(39)23(35-27(38)32)16-4-2-15(3-5-16)18-11-34-37(12-18)19-7-8-19/h2-6,9-12,14,19,22-23,26H,7-8,13H2,1H3,(H2,32,35)(H2,31,33,36). The summed E-state index contributed by atoms with van der Waals surface area (Å²) in [6.45, 7) is -2.99. The minimum absolute atomic E-state index is 0.00443. The van der Waals surface area contributed by atoms with E-state index in [1.165, 1.54) is 24.1 Å². The van der Waals surface area contributed by atoms with Gasteiger partial charge in [-0.1, -0.05) is 41.9 Å². The number of carbonyl (C=O) groups excluding carboxylic acids is 1. The van der Waals surface area contributed by atoms with E-state index in [1.807, 2.05) is 41.3 Å². The van der Waals surface area contributed by atoms with Crippen LogP contribution in [0.25, 0.3) is 11.1 Å². The Balaban J connectivity index is 1.41. The first kappa shape index (κ1) is 27.4. The molecule has 1 fully saturated rings. The number of aromatic nitrogens is 2. The van der Waals surface area contributed by atoms with Crippen LogP contribution in [-0.2, 0) is 9.53 Å². The van der Waals surface area contributed by atoms with E-state index in [9.17, 15) is 13.6 Å². The Morgan fingerprint density at radius 1 is 1.23 bits per heavy atom. The summed E-state index contributed by atoms with van der Waals surface area (Å²) in [4.78, 5) is 26.4. The van der Waals surface area contributed by atoms with Gasteiger partial charge in [0.15, 0.2) is 17.8 Å². The molecule has 1 saturated carbocycles. The van der Waals surface area contributed by atoms with Gasteiger partial charge in [0.2, 0.25) is 0 Å². The lowest BCUT2D eigenvalue weighted by atomic mass is 10.00. The first-order chi connectivity index (χ1) is 19.3. The van der Waals surface area contributed by atoms with Crippen molar-refractivity contribution in [3.8, 4) is 11.1 Å². The number of hydrogen-bond donors (Lipinski definition) is 2. The number of hydrogen-bond acceptors (Lipinski definition) is 6. The van der Waals surface area contributed by atoms with Crippen LogP contribution in [0.3, 0.4) is 0 Å². The fourth-order valence-electron chi connectivity index (χ4n) is 4.64. The number of guanidine groups is 1. The molecular formula is C27H27ClF2N8O2. The number of rotatable bonds is 9. The third-order valence-corrected chi connectivity index (χ3v) is 7.06. The van der Waals surface area contributed by atoms with Crippen molar-refractivity contribution in [3.05, 3.63) is 76.6 Å². The number of amides is 1. The molecule has 0 saturated heterocycles. The quantitative estimate of drug-likeness (QED) is 0.228. The molecule has 2 aliphatic rings. The SMILES string of the molecule is COCC(c1ccc(Cl)c(/C(N=CN)=N\C(F)F)c1)N1C(=O)C(c2ccc(-c3cnn(C4CC4)c3)cc2)N=C1N. The summed E-state index contributed by atoms with van der Waals surface area (Å²) in [6, 6.07) is 11.1. The van der Waals surface area contributed by atoms with Gasteiger partial charge in [-0.15, -0.1) is 0 Å². The molecule has 13 heteroatoms. The first-order valence-corrected chi connectivity index (χ1v) is 12.9. The van der Waals surface area contributed by atoms with E-state index >= 15 is 0 Å². The van der Waals surface area contributed by atoms with E-state index in [-0.39, 0.29) is 34.9 Å². The number of alkyl halides is 2. The monoisotopic (exact) mass is 568 g/mol. The molecule has 5 rings (SSSR count). The predicted molar refractivity (Wildman–Crippen MR) is 148 cm³/mol. The number of methoxy groups -OCH3 is 1. The second-order valence-corrected chi connectivity index (χ2v) is 9.79. The van der Waals surface area contributed by atoms with Crippen molar-refractivity contribution < 1.29 is 18.3 Å². The van der Waals surface area contributed by atoms with Gasteiger partial charge in [0.1, 0.15) is 0 Å². The molecule has 2 aromatic carbocycles. The summed E-state index contributed by atoms with van der Waals surface area (Å²) in [5.41, 5.74) is 14.9. The number of nitrogens with two attached hydrogens (primary N) is 2. The maximum absolute atomic E-state index is 13.7. The van der Waals surface area contributed by atoms with Gasteiger partial charge in [-0.25, -0.2) is 9.98 Å². The molecule has 1 aliphatic carbocycles. The highest BCUT2D eigenvalue weighted by atomic mass is 35.5. The second-order valence-electron chi connectivity index (χ2n) is 9.38. The Kier molecular flexibility index (Phi) is 7.90. The normalized spacial score (nSPS) is 18.7. The Bertz CT molecular complexity index is 1480. The van der Waals surface area contributed by atoms with Gasteiger partial charge in [0.25, 0.3) is 5.91 Å². The van der Waals surface area contributed by atoms with Crippen molar-refractivity contribution in [2.45, 2.75) is 37.5 Å². The molecule has 1 aliphatic heterocycles. The fraction of sp³-hybridized carbons (Fsp3) is 0.296. The molecule has 0 bridgehead atoms. The molecule has 4 N–H and O–H groups in total. The lowest BCUT2D eigenvalue weighted by Crippen LogP contribution is -2.42. The molecular weight excluding hydrogens is 542 g/mol. The topological polar surface area (TPSA) is 136 Å². The highest BCUT2D eigenvalue weighted by Gasteiger charge is 2.39.